The van der Waals surface area contributed by atoms with Crippen molar-refractivity contribution in [1.29, 1.82) is 0 Å². The normalized spacial score (nSPS) is 12.6. The summed E-state index contributed by atoms with van der Waals surface area (Å²) in [6, 6.07) is 10.2. The van der Waals surface area contributed by atoms with Crippen LogP contribution >= 0.6 is 27.3 Å². The van der Waals surface area contributed by atoms with Crippen molar-refractivity contribution in [2.45, 2.75) is 25.9 Å². The lowest BCUT2D eigenvalue weighted by Crippen LogP contribution is -1.98. The second-order valence-corrected chi connectivity index (χ2v) is 6.37. The van der Waals surface area contributed by atoms with E-state index in [2.05, 4.69) is 35.0 Å². The Labute approximate surface area is 114 Å². The highest BCUT2D eigenvalue weighted by molar-refractivity contribution is 9.11. The Bertz CT molecular complexity index is 475. The van der Waals surface area contributed by atoms with Crippen LogP contribution in [0.3, 0.4) is 0 Å². The van der Waals surface area contributed by atoms with Crippen LogP contribution in [0, 0.1) is 0 Å². The lowest BCUT2D eigenvalue weighted by Gasteiger charge is -2.10. The second-order valence-electron chi connectivity index (χ2n) is 4.08. The summed E-state index contributed by atoms with van der Waals surface area (Å²) in [7, 11) is 0. The molecule has 17 heavy (non-hydrogen) atoms. The molecule has 1 aromatic heterocycles. The summed E-state index contributed by atoms with van der Waals surface area (Å²) in [6.45, 7) is 2.17. The summed E-state index contributed by atoms with van der Waals surface area (Å²) in [6.07, 6.45) is 1.73. The Kier molecular flexibility index (Phi) is 4.37. The molecule has 2 rings (SSSR count). The minimum Gasteiger partial charge on any atom is -0.384 e. The first-order chi connectivity index (χ1) is 8.20. The fourth-order valence-corrected chi connectivity index (χ4v) is 3.01. The van der Waals surface area contributed by atoms with E-state index in [-0.39, 0.29) is 0 Å². The lowest BCUT2D eigenvalue weighted by molar-refractivity contribution is 0.221. The maximum Gasteiger partial charge on any atom is 0.105 e. The molecule has 1 aromatic carbocycles. The van der Waals surface area contributed by atoms with E-state index in [1.165, 1.54) is 5.56 Å². The van der Waals surface area contributed by atoms with Gasteiger partial charge in [-0.05, 0) is 50.5 Å². The average Bonchev–Trinajstić information content (AvgIpc) is 2.76. The van der Waals surface area contributed by atoms with Crippen molar-refractivity contribution in [1.82, 2.24) is 0 Å². The number of aryl methyl sites for hydroxylation is 1. The molecule has 0 aliphatic carbocycles. The van der Waals surface area contributed by atoms with Crippen molar-refractivity contribution in [3.05, 3.63) is 56.2 Å². The summed E-state index contributed by atoms with van der Waals surface area (Å²) in [5, 5.41) is 12.2. The molecule has 0 spiro atoms. The molecule has 0 amide bonds. The van der Waals surface area contributed by atoms with Crippen molar-refractivity contribution in [2.24, 2.45) is 0 Å². The fraction of sp³-hybridized carbons (Fsp3) is 0.286. The molecule has 0 fully saturated rings. The van der Waals surface area contributed by atoms with Gasteiger partial charge in [0.05, 0.1) is 3.79 Å². The van der Waals surface area contributed by atoms with Crippen molar-refractivity contribution < 1.29 is 5.11 Å². The van der Waals surface area contributed by atoms with E-state index in [1.54, 1.807) is 11.3 Å². The van der Waals surface area contributed by atoms with Gasteiger partial charge in [0.2, 0.25) is 0 Å². The van der Waals surface area contributed by atoms with Crippen LogP contribution in [0.2, 0.25) is 0 Å². The van der Waals surface area contributed by atoms with Crippen molar-refractivity contribution in [2.75, 3.05) is 0 Å². The van der Waals surface area contributed by atoms with Crippen LogP contribution in [0.1, 0.15) is 36.1 Å². The van der Waals surface area contributed by atoms with Gasteiger partial charge in [-0.3, -0.25) is 0 Å². The van der Waals surface area contributed by atoms with Crippen LogP contribution < -0.4 is 0 Å². The second kappa shape index (κ2) is 5.80. The van der Waals surface area contributed by atoms with Gasteiger partial charge in [-0.2, -0.15) is 0 Å². The highest BCUT2D eigenvalue weighted by atomic mass is 79.9. The topological polar surface area (TPSA) is 20.2 Å². The van der Waals surface area contributed by atoms with Gasteiger partial charge < -0.3 is 5.11 Å². The molecular formula is C14H15BrOS. The number of hydrogen-bond acceptors (Lipinski definition) is 2. The van der Waals surface area contributed by atoms with Crippen LogP contribution in [0.15, 0.2) is 39.5 Å². The number of hydrogen-bond donors (Lipinski definition) is 1. The quantitative estimate of drug-likeness (QED) is 0.878. The highest BCUT2D eigenvalue weighted by Crippen LogP contribution is 2.29. The molecule has 0 saturated carbocycles. The molecule has 0 radical (unpaired) electrons. The van der Waals surface area contributed by atoms with E-state index < -0.39 is 6.10 Å². The first-order valence-corrected chi connectivity index (χ1v) is 7.39. The molecule has 3 heteroatoms. The predicted octanol–water partition coefficient (Wildman–Crippen LogP) is 4.54. The van der Waals surface area contributed by atoms with E-state index in [0.29, 0.717) is 0 Å². The molecule has 1 atom stereocenters. The van der Waals surface area contributed by atoms with E-state index in [0.717, 1.165) is 27.8 Å². The van der Waals surface area contributed by atoms with Crippen molar-refractivity contribution in [3.63, 3.8) is 0 Å². The minimum atomic E-state index is -0.520. The van der Waals surface area contributed by atoms with Gasteiger partial charge in [0.15, 0.2) is 0 Å². The Morgan fingerprint density at radius 2 is 1.94 bits per heavy atom. The number of rotatable bonds is 4. The standard InChI is InChI=1S/C14H15BrOS/c1-2-3-10-4-6-11(7-5-10)14(16)12-8-13(15)17-9-12/h4-9,14,16H,2-3H2,1H3. The highest BCUT2D eigenvalue weighted by Gasteiger charge is 2.11. The Morgan fingerprint density at radius 3 is 2.47 bits per heavy atom. The zero-order valence-electron chi connectivity index (χ0n) is 9.69. The molecular weight excluding hydrogens is 296 g/mol. The third kappa shape index (κ3) is 3.18. The van der Waals surface area contributed by atoms with Crippen LogP contribution in [0.5, 0.6) is 0 Å². The Hall–Kier alpha value is -0.640. The molecule has 0 saturated heterocycles. The monoisotopic (exact) mass is 310 g/mol. The molecule has 1 heterocycles. The number of halogens is 1. The molecule has 1 nitrogen and oxygen atoms in total. The summed E-state index contributed by atoms with van der Waals surface area (Å²) in [5.41, 5.74) is 3.23. The van der Waals surface area contributed by atoms with E-state index >= 15 is 0 Å². The molecule has 90 valence electrons. The Balaban J connectivity index is 2.16. The zero-order valence-corrected chi connectivity index (χ0v) is 12.1. The first kappa shape index (κ1) is 12.8. The van der Waals surface area contributed by atoms with E-state index in [4.69, 9.17) is 0 Å². The lowest BCUT2D eigenvalue weighted by atomic mass is 10.0. The molecule has 0 bridgehead atoms. The molecule has 0 aliphatic rings. The third-order valence-corrected chi connectivity index (χ3v) is 4.26. The van der Waals surface area contributed by atoms with Crippen molar-refractivity contribution in [3.8, 4) is 0 Å². The summed E-state index contributed by atoms with van der Waals surface area (Å²) in [5.74, 6) is 0. The largest absolute Gasteiger partial charge is 0.384 e. The number of aliphatic hydroxyl groups excluding tert-OH is 1. The average molecular weight is 311 g/mol. The smallest absolute Gasteiger partial charge is 0.105 e. The molecule has 1 unspecified atom stereocenters. The summed E-state index contributed by atoms with van der Waals surface area (Å²) < 4.78 is 1.05. The Morgan fingerprint density at radius 1 is 1.24 bits per heavy atom. The molecule has 2 aromatic rings. The SMILES string of the molecule is CCCc1ccc(C(O)c2csc(Br)c2)cc1. The summed E-state index contributed by atoms with van der Waals surface area (Å²) >= 11 is 5.01. The van der Waals surface area contributed by atoms with Crippen LogP contribution in [0.25, 0.3) is 0 Å². The van der Waals surface area contributed by atoms with Gasteiger partial charge in [0.1, 0.15) is 6.10 Å². The van der Waals surface area contributed by atoms with Gasteiger partial charge in [-0.25, -0.2) is 0 Å². The fourth-order valence-electron chi connectivity index (χ4n) is 1.81. The van der Waals surface area contributed by atoms with E-state index in [9.17, 15) is 5.11 Å². The van der Waals surface area contributed by atoms with Gasteiger partial charge in [0.25, 0.3) is 0 Å². The third-order valence-electron chi connectivity index (χ3n) is 2.74. The molecule has 0 aliphatic heterocycles. The van der Waals surface area contributed by atoms with Crippen LogP contribution in [0.4, 0.5) is 0 Å². The summed E-state index contributed by atoms with van der Waals surface area (Å²) in [4.78, 5) is 0. The number of thiophene rings is 1. The van der Waals surface area contributed by atoms with Crippen molar-refractivity contribution >= 4 is 27.3 Å². The minimum absolute atomic E-state index is 0.520. The van der Waals surface area contributed by atoms with Gasteiger partial charge in [-0.15, -0.1) is 11.3 Å². The predicted molar refractivity (Wildman–Crippen MR) is 76.5 cm³/mol. The number of aliphatic hydroxyl groups is 1. The van der Waals surface area contributed by atoms with Gasteiger partial charge in [0, 0.05) is 0 Å². The van der Waals surface area contributed by atoms with Gasteiger partial charge >= 0.3 is 0 Å². The first-order valence-electron chi connectivity index (χ1n) is 5.71. The maximum atomic E-state index is 10.2. The van der Waals surface area contributed by atoms with Gasteiger partial charge in [-0.1, -0.05) is 37.6 Å². The number of benzene rings is 1. The van der Waals surface area contributed by atoms with Crippen LogP contribution in [-0.4, -0.2) is 5.11 Å². The maximum absolute atomic E-state index is 10.2. The van der Waals surface area contributed by atoms with E-state index in [1.807, 2.05) is 23.6 Å². The van der Waals surface area contributed by atoms with Crippen LogP contribution in [-0.2, 0) is 6.42 Å². The zero-order chi connectivity index (χ0) is 12.3. The molecule has 1 N–H and O–H groups in total.